The first-order chi connectivity index (χ1) is 26.4. The molecule has 0 saturated carbocycles. The minimum Gasteiger partial charge on any atom is -0.493 e. The van der Waals surface area contributed by atoms with E-state index in [1.54, 1.807) is 32.4 Å². The lowest BCUT2D eigenvalue weighted by Gasteiger charge is -2.28. The molecule has 2 aliphatic heterocycles. The highest BCUT2D eigenvalue weighted by Gasteiger charge is 2.28. The van der Waals surface area contributed by atoms with Gasteiger partial charge in [-0.1, -0.05) is 23.4 Å². The van der Waals surface area contributed by atoms with Crippen molar-refractivity contribution >= 4 is 17.3 Å². The average Bonchev–Trinajstić information content (AvgIpc) is 3.71. The van der Waals surface area contributed by atoms with Crippen LogP contribution < -0.4 is 29.6 Å². The number of ether oxygens (including phenoxy) is 4. The van der Waals surface area contributed by atoms with Crippen LogP contribution in [0.4, 0.5) is 5.69 Å². The average molecular weight is 742 g/mol. The summed E-state index contributed by atoms with van der Waals surface area (Å²) in [5.41, 5.74) is 6.58. The Balaban J connectivity index is 0.968. The lowest BCUT2D eigenvalue weighted by Crippen LogP contribution is -2.38. The Morgan fingerprint density at radius 3 is 2.02 bits per heavy atom. The van der Waals surface area contributed by atoms with Crippen LogP contribution in [0, 0.1) is 0 Å². The second-order valence-corrected chi connectivity index (χ2v) is 13.1. The van der Waals surface area contributed by atoms with Crippen LogP contribution in [0.3, 0.4) is 0 Å². The van der Waals surface area contributed by atoms with E-state index in [9.17, 15) is 25.2 Å². The maximum Gasteiger partial charge on any atom is 0.255 e. The number of benzene rings is 4. The van der Waals surface area contributed by atoms with E-state index in [2.05, 4.69) is 15.8 Å². The van der Waals surface area contributed by atoms with Crippen molar-refractivity contribution in [1.82, 2.24) is 5.32 Å². The summed E-state index contributed by atoms with van der Waals surface area (Å²) < 4.78 is 23.5. The van der Waals surface area contributed by atoms with E-state index in [1.165, 1.54) is 0 Å². The van der Waals surface area contributed by atoms with E-state index in [0.717, 1.165) is 48.1 Å². The second kappa shape index (κ2) is 18.1. The Hall–Kier alpha value is -5.34. The molecule has 4 aromatic rings. The predicted molar refractivity (Wildman–Crippen MR) is 201 cm³/mol. The first-order valence-electron chi connectivity index (χ1n) is 18.0. The summed E-state index contributed by atoms with van der Waals surface area (Å²) in [7, 11) is 3.13. The van der Waals surface area contributed by atoms with Crippen molar-refractivity contribution in [3.8, 4) is 23.0 Å². The number of carbonyl (C=O) groups excluding carboxylic acids is 1. The Morgan fingerprint density at radius 1 is 0.722 bits per heavy atom. The Kier molecular flexibility index (Phi) is 12.9. The van der Waals surface area contributed by atoms with Crippen molar-refractivity contribution in [2.45, 2.75) is 70.8 Å². The van der Waals surface area contributed by atoms with Crippen LogP contribution in [0.5, 0.6) is 23.0 Å². The molecule has 0 spiro atoms. The van der Waals surface area contributed by atoms with Gasteiger partial charge in [0, 0.05) is 23.2 Å². The van der Waals surface area contributed by atoms with Crippen LogP contribution in [-0.2, 0) is 31.3 Å². The highest BCUT2D eigenvalue weighted by atomic mass is 16.6. The number of nitrogens with zero attached hydrogens (tertiary/aromatic N) is 1. The van der Waals surface area contributed by atoms with E-state index >= 15 is 0 Å². The molecule has 2 heterocycles. The number of aliphatic hydroxyl groups is 4. The van der Waals surface area contributed by atoms with Crippen molar-refractivity contribution in [2.75, 3.05) is 32.8 Å². The zero-order valence-electron chi connectivity index (χ0n) is 30.5. The number of aliphatic hydroxyl groups excluding tert-OH is 4. The first kappa shape index (κ1) is 38.4. The number of nitrogens with one attached hydrogen (secondary N) is 2. The van der Waals surface area contributed by atoms with Gasteiger partial charge in [0.2, 0.25) is 5.75 Å². The SMILES string of the molecule is COc1cc(C2=NOC(c3cc(CO)c(CO)c(CO)c3)C2)cc(OC)c1OCCCCCCOc1ccc(C2NC(=O)c3ccccc3N2)cc1CO. The zero-order chi connectivity index (χ0) is 38.0. The molecule has 2 unspecified atom stereocenters. The van der Waals surface area contributed by atoms with Crippen molar-refractivity contribution in [3.63, 3.8) is 0 Å². The van der Waals surface area contributed by atoms with Crippen LogP contribution in [-0.4, -0.2) is 59.5 Å². The van der Waals surface area contributed by atoms with E-state index in [1.807, 2.05) is 48.5 Å². The van der Waals surface area contributed by atoms with Gasteiger partial charge in [0.25, 0.3) is 5.91 Å². The molecule has 0 fully saturated rings. The van der Waals surface area contributed by atoms with Crippen LogP contribution in [0.2, 0.25) is 0 Å². The third kappa shape index (κ3) is 8.55. The Morgan fingerprint density at radius 2 is 1.37 bits per heavy atom. The molecule has 0 bridgehead atoms. The largest absolute Gasteiger partial charge is 0.493 e. The molecule has 2 atom stereocenters. The number of fused-ring (bicyclic) bond motifs is 1. The normalized spacial score (nSPS) is 16.1. The minimum absolute atomic E-state index is 0.150. The third-order valence-corrected chi connectivity index (χ3v) is 9.67. The highest BCUT2D eigenvalue weighted by molar-refractivity contribution is 6.02. The lowest BCUT2D eigenvalue weighted by molar-refractivity contribution is 0.0853. The Labute approximate surface area is 314 Å². The quantitative estimate of drug-likeness (QED) is 0.0718. The number of rotatable bonds is 18. The fourth-order valence-electron chi connectivity index (χ4n) is 6.74. The molecule has 54 heavy (non-hydrogen) atoms. The van der Waals surface area contributed by atoms with Gasteiger partial charge in [-0.25, -0.2) is 0 Å². The topological polar surface area (TPSA) is 181 Å². The molecular weight excluding hydrogens is 694 g/mol. The van der Waals surface area contributed by atoms with E-state index in [0.29, 0.717) is 76.2 Å². The maximum absolute atomic E-state index is 12.6. The van der Waals surface area contributed by atoms with Gasteiger partial charge in [-0.05, 0) is 102 Å². The smallest absolute Gasteiger partial charge is 0.255 e. The summed E-state index contributed by atoms with van der Waals surface area (Å²) in [5.74, 6) is 1.96. The van der Waals surface area contributed by atoms with Gasteiger partial charge in [0.1, 0.15) is 11.9 Å². The van der Waals surface area contributed by atoms with Crippen molar-refractivity contribution in [2.24, 2.45) is 5.16 Å². The van der Waals surface area contributed by atoms with E-state index < -0.39 is 12.3 Å². The predicted octanol–water partition coefficient (Wildman–Crippen LogP) is 5.41. The van der Waals surface area contributed by atoms with Crippen molar-refractivity contribution in [1.29, 1.82) is 0 Å². The summed E-state index contributed by atoms with van der Waals surface area (Å²) in [4.78, 5) is 18.3. The van der Waals surface area contributed by atoms with Gasteiger partial charge in [-0.3, -0.25) is 4.79 Å². The molecule has 2 aliphatic rings. The molecule has 0 aromatic heterocycles. The van der Waals surface area contributed by atoms with Gasteiger partial charge < -0.3 is 54.8 Å². The van der Waals surface area contributed by atoms with Gasteiger partial charge in [0.15, 0.2) is 17.6 Å². The monoisotopic (exact) mass is 741 g/mol. The molecule has 6 rings (SSSR count). The van der Waals surface area contributed by atoms with Crippen LogP contribution in [0.15, 0.2) is 71.9 Å². The first-order valence-corrected chi connectivity index (χ1v) is 18.0. The lowest BCUT2D eigenvalue weighted by atomic mass is 9.93. The number of anilines is 1. The Bertz CT molecular complexity index is 1920. The van der Waals surface area contributed by atoms with Crippen LogP contribution >= 0.6 is 0 Å². The fraction of sp³-hybridized carbons (Fsp3) is 0.366. The van der Waals surface area contributed by atoms with E-state index in [4.69, 9.17) is 23.8 Å². The fourth-order valence-corrected chi connectivity index (χ4v) is 6.74. The van der Waals surface area contributed by atoms with E-state index in [-0.39, 0.29) is 32.3 Å². The number of amides is 1. The standard InChI is InChI=1S/C41H47N3O10/c1-50-37-18-26(34-20-36(54-44-34)27-16-28(21-45)32(24-48)29(17-27)22-46)19-38(51-2)39(37)53-14-8-4-3-7-13-52-35-12-11-25(15-30(35)23-47)40-42-33-10-6-5-9-31(33)41(49)43-40/h5-6,9-12,15-19,36,40,42,45-48H,3-4,7-8,13-14,20-24H2,1-2H3,(H,43,49). The summed E-state index contributed by atoms with van der Waals surface area (Å²) >= 11 is 0. The van der Waals surface area contributed by atoms with Crippen LogP contribution in [0.1, 0.15) is 93.7 Å². The van der Waals surface area contributed by atoms with Gasteiger partial charge in [-0.2, -0.15) is 0 Å². The number of oxime groups is 1. The van der Waals surface area contributed by atoms with Gasteiger partial charge in [-0.15, -0.1) is 0 Å². The summed E-state index contributed by atoms with van der Waals surface area (Å²) in [6, 6.07) is 20.1. The van der Waals surface area contributed by atoms with Crippen molar-refractivity contribution in [3.05, 3.63) is 111 Å². The van der Waals surface area contributed by atoms with Crippen molar-refractivity contribution < 1.29 is 49.0 Å². The summed E-state index contributed by atoms with van der Waals surface area (Å²) in [5, 5.41) is 50.0. The minimum atomic E-state index is -0.437. The molecule has 0 radical (unpaired) electrons. The molecule has 286 valence electrons. The third-order valence-electron chi connectivity index (χ3n) is 9.67. The molecule has 13 nitrogen and oxygen atoms in total. The van der Waals surface area contributed by atoms with Gasteiger partial charge >= 0.3 is 0 Å². The number of carbonyl (C=O) groups is 1. The molecular formula is C41H47N3O10. The molecule has 6 N–H and O–H groups in total. The molecule has 0 aliphatic carbocycles. The summed E-state index contributed by atoms with van der Waals surface area (Å²) in [6.45, 7) is -0.0741. The van der Waals surface area contributed by atoms with Crippen LogP contribution in [0.25, 0.3) is 0 Å². The number of para-hydroxylation sites is 1. The molecule has 1 amide bonds. The molecule has 13 heteroatoms. The number of unbranched alkanes of at least 4 members (excludes halogenated alkanes) is 3. The second-order valence-electron chi connectivity index (χ2n) is 13.1. The number of hydrogen-bond acceptors (Lipinski definition) is 12. The number of methoxy groups -OCH3 is 2. The summed E-state index contributed by atoms with van der Waals surface area (Å²) in [6.07, 6.45) is 3.04. The molecule has 4 aromatic carbocycles. The number of hydrogen-bond donors (Lipinski definition) is 6. The maximum atomic E-state index is 12.6. The van der Waals surface area contributed by atoms with Gasteiger partial charge in [0.05, 0.1) is 65.1 Å². The zero-order valence-corrected chi connectivity index (χ0v) is 30.5. The molecule has 0 saturated heterocycles. The highest BCUT2D eigenvalue weighted by Crippen LogP contribution is 2.41.